The molecule has 0 fully saturated rings. The molecule has 2 heteroatoms. The van der Waals surface area contributed by atoms with Gasteiger partial charge in [0, 0.05) is 0 Å². The highest BCUT2D eigenvalue weighted by atomic mass is 127. The largest absolute Gasteiger partial charge is 0.383 e. The number of halogens is 1. The lowest BCUT2D eigenvalue weighted by atomic mass is 10.0. The third-order valence-corrected chi connectivity index (χ3v) is 8.67. The number of alkyl halides is 1. The minimum Gasteiger partial charge on any atom is -0.383 e. The number of unbranched alkanes of at least 4 members (excludes halogenated alkanes) is 30. The summed E-state index contributed by atoms with van der Waals surface area (Å²) in [5.41, 5.74) is 0. The van der Waals surface area contributed by atoms with Gasteiger partial charge in [-0.15, -0.1) is 0 Å². The summed E-state index contributed by atoms with van der Waals surface area (Å²) in [6.07, 6.45) is 45.9. The molecule has 0 amide bonds. The van der Waals surface area contributed by atoms with Crippen molar-refractivity contribution in [1.29, 1.82) is 0 Å². The summed E-state index contributed by atoms with van der Waals surface area (Å²) in [4.78, 5) is 0. The van der Waals surface area contributed by atoms with E-state index in [-0.39, 0.29) is 4.11 Å². The summed E-state index contributed by atoms with van der Waals surface area (Å²) in [6, 6.07) is 0. The summed E-state index contributed by atoms with van der Waals surface area (Å²) >= 11 is 2.11. The SMILES string of the molecule is CCCCCCCCCCCCCCCCCCCCCCCCCCCCCCCCCC(O)I. The van der Waals surface area contributed by atoms with Gasteiger partial charge in [-0.3, -0.25) is 0 Å². The van der Waals surface area contributed by atoms with Crippen molar-refractivity contribution in [2.75, 3.05) is 0 Å². The summed E-state index contributed by atoms with van der Waals surface area (Å²) in [5.74, 6) is 0. The molecule has 1 atom stereocenters. The Balaban J connectivity index is 3.01. The van der Waals surface area contributed by atoms with Crippen molar-refractivity contribution < 1.29 is 5.11 Å². The molecule has 0 heterocycles. The molecule has 0 aliphatic heterocycles. The number of hydrogen-bond acceptors (Lipinski definition) is 1. The van der Waals surface area contributed by atoms with Gasteiger partial charge in [0.15, 0.2) is 0 Å². The van der Waals surface area contributed by atoms with Crippen LogP contribution in [-0.4, -0.2) is 9.22 Å². The van der Waals surface area contributed by atoms with Gasteiger partial charge in [-0.25, -0.2) is 0 Å². The van der Waals surface area contributed by atoms with Gasteiger partial charge in [-0.2, -0.15) is 0 Å². The Morgan fingerprint density at radius 1 is 0.333 bits per heavy atom. The fourth-order valence-electron chi connectivity index (χ4n) is 5.51. The molecular weight excluding hydrogens is 551 g/mol. The van der Waals surface area contributed by atoms with E-state index in [0.717, 1.165) is 6.42 Å². The Morgan fingerprint density at radius 3 is 0.667 bits per heavy atom. The Kier molecular flexibility index (Phi) is 34.4. The van der Waals surface area contributed by atoms with Crippen LogP contribution >= 0.6 is 22.6 Å². The molecule has 1 nitrogen and oxygen atoms in total. The Hall–Kier alpha value is 0.690. The first-order valence-electron chi connectivity index (χ1n) is 17.1. The van der Waals surface area contributed by atoms with Crippen LogP contribution in [0.5, 0.6) is 0 Å². The van der Waals surface area contributed by atoms with Crippen LogP contribution in [0.15, 0.2) is 0 Å². The molecule has 0 aliphatic carbocycles. The molecule has 0 aromatic carbocycles. The number of hydrogen-bond donors (Lipinski definition) is 1. The lowest BCUT2D eigenvalue weighted by Gasteiger charge is -2.05. The quantitative estimate of drug-likeness (QED) is 0.0451. The van der Waals surface area contributed by atoms with Crippen molar-refractivity contribution in [3.8, 4) is 0 Å². The van der Waals surface area contributed by atoms with Gasteiger partial charge in [0.2, 0.25) is 0 Å². The van der Waals surface area contributed by atoms with E-state index in [2.05, 4.69) is 29.5 Å². The zero-order valence-electron chi connectivity index (χ0n) is 25.0. The third kappa shape index (κ3) is 34.7. The standard InChI is InChI=1S/C34H69IO/c1-2-3-4-5-6-7-8-9-10-11-12-13-14-15-16-17-18-19-20-21-22-23-24-25-26-27-28-29-30-31-32-33-34(35)36/h34,36H,2-33H2,1H3. The maximum atomic E-state index is 9.25. The van der Waals surface area contributed by atoms with E-state index in [0.29, 0.717) is 0 Å². The maximum absolute atomic E-state index is 9.25. The molecule has 0 saturated carbocycles. The molecule has 0 spiro atoms. The van der Waals surface area contributed by atoms with Crippen LogP contribution in [0.2, 0.25) is 0 Å². The zero-order chi connectivity index (χ0) is 26.2. The molecule has 0 bridgehead atoms. The zero-order valence-corrected chi connectivity index (χ0v) is 27.2. The first-order valence-corrected chi connectivity index (χ1v) is 18.3. The van der Waals surface area contributed by atoms with Gasteiger partial charge in [-0.1, -0.05) is 229 Å². The molecule has 0 radical (unpaired) electrons. The van der Waals surface area contributed by atoms with Crippen molar-refractivity contribution in [2.24, 2.45) is 0 Å². The van der Waals surface area contributed by atoms with Crippen molar-refractivity contribution >= 4 is 22.6 Å². The molecule has 0 aliphatic rings. The van der Waals surface area contributed by atoms with E-state index in [9.17, 15) is 5.11 Å². The maximum Gasteiger partial charge on any atom is 0.105 e. The first-order chi connectivity index (χ1) is 17.8. The van der Waals surface area contributed by atoms with Crippen LogP contribution in [0.3, 0.4) is 0 Å². The first kappa shape index (κ1) is 36.7. The average Bonchev–Trinajstić information content (AvgIpc) is 2.87. The van der Waals surface area contributed by atoms with Gasteiger partial charge in [0.05, 0.1) is 0 Å². The Morgan fingerprint density at radius 2 is 0.500 bits per heavy atom. The van der Waals surface area contributed by atoms with Gasteiger partial charge in [-0.05, 0) is 6.42 Å². The lowest BCUT2D eigenvalue weighted by molar-refractivity contribution is 0.263. The second-order valence-electron chi connectivity index (χ2n) is 11.8. The number of rotatable bonds is 32. The second kappa shape index (κ2) is 33.7. The highest BCUT2D eigenvalue weighted by Gasteiger charge is 1.98. The molecular formula is C34H69IO. The van der Waals surface area contributed by atoms with E-state index in [4.69, 9.17) is 0 Å². The monoisotopic (exact) mass is 620 g/mol. The highest BCUT2D eigenvalue weighted by Crippen LogP contribution is 2.17. The molecule has 0 aromatic rings. The minimum atomic E-state index is -0.133. The summed E-state index contributed by atoms with van der Waals surface area (Å²) < 4.78 is -0.133. The Labute approximate surface area is 243 Å². The summed E-state index contributed by atoms with van der Waals surface area (Å²) in [5, 5.41) is 9.25. The molecule has 0 rings (SSSR count). The molecule has 1 N–H and O–H groups in total. The van der Waals surface area contributed by atoms with E-state index in [1.165, 1.54) is 199 Å². The fourth-order valence-corrected chi connectivity index (χ4v) is 5.95. The van der Waals surface area contributed by atoms with E-state index < -0.39 is 0 Å². The third-order valence-electron chi connectivity index (χ3n) is 8.05. The summed E-state index contributed by atoms with van der Waals surface area (Å²) in [6.45, 7) is 2.30. The lowest BCUT2D eigenvalue weighted by Crippen LogP contribution is -1.93. The van der Waals surface area contributed by atoms with Crippen molar-refractivity contribution in [1.82, 2.24) is 0 Å². The van der Waals surface area contributed by atoms with Crippen LogP contribution in [0.1, 0.15) is 212 Å². The van der Waals surface area contributed by atoms with E-state index in [1.807, 2.05) is 0 Å². The smallest absolute Gasteiger partial charge is 0.105 e. The van der Waals surface area contributed by atoms with Gasteiger partial charge < -0.3 is 5.11 Å². The van der Waals surface area contributed by atoms with Crippen molar-refractivity contribution in [2.45, 2.75) is 217 Å². The molecule has 36 heavy (non-hydrogen) atoms. The molecule has 0 aromatic heterocycles. The minimum absolute atomic E-state index is 0.133. The molecule has 218 valence electrons. The average molecular weight is 621 g/mol. The van der Waals surface area contributed by atoms with Crippen LogP contribution in [0.25, 0.3) is 0 Å². The van der Waals surface area contributed by atoms with Crippen LogP contribution in [0, 0.1) is 0 Å². The van der Waals surface area contributed by atoms with Gasteiger partial charge >= 0.3 is 0 Å². The number of aliphatic hydroxyl groups is 1. The second-order valence-corrected chi connectivity index (χ2v) is 13.3. The van der Waals surface area contributed by atoms with Crippen molar-refractivity contribution in [3.05, 3.63) is 0 Å². The highest BCUT2D eigenvalue weighted by molar-refractivity contribution is 14.1. The van der Waals surface area contributed by atoms with Crippen LogP contribution in [-0.2, 0) is 0 Å². The summed E-state index contributed by atoms with van der Waals surface area (Å²) in [7, 11) is 0. The molecule has 1 unspecified atom stereocenters. The topological polar surface area (TPSA) is 20.2 Å². The molecule has 0 saturated heterocycles. The fraction of sp³-hybridized carbons (Fsp3) is 1.00. The predicted octanol–water partition coefficient (Wildman–Crippen LogP) is 13.2. The predicted molar refractivity (Wildman–Crippen MR) is 173 cm³/mol. The van der Waals surface area contributed by atoms with Gasteiger partial charge in [0.1, 0.15) is 4.11 Å². The van der Waals surface area contributed by atoms with Crippen LogP contribution in [0.4, 0.5) is 0 Å². The van der Waals surface area contributed by atoms with Crippen LogP contribution < -0.4 is 0 Å². The Bertz CT molecular complexity index is 370. The number of aliphatic hydroxyl groups excluding tert-OH is 1. The van der Waals surface area contributed by atoms with Crippen molar-refractivity contribution in [3.63, 3.8) is 0 Å². The van der Waals surface area contributed by atoms with E-state index in [1.54, 1.807) is 0 Å². The van der Waals surface area contributed by atoms with Gasteiger partial charge in [0.25, 0.3) is 0 Å². The van der Waals surface area contributed by atoms with E-state index >= 15 is 0 Å². The normalized spacial score (nSPS) is 12.4.